The summed E-state index contributed by atoms with van der Waals surface area (Å²) in [6.45, 7) is 0.142. The zero-order chi connectivity index (χ0) is 15.2. The van der Waals surface area contributed by atoms with Crippen LogP contribution in [0.1, 0.15) is 12.8 Å². The zero-order valence-electron chi connectivity index (χ0n) is 11.2. The second-order valence-corrected chi connectivity index (χ2v) is 4.54. The highest BCUT2D eigenvalue weighted by molar-refractivity contribution is 5.94. The van der Waals surface area contributed by atoms with Gasteiger partial charge in [0.1, 0.15) is 18.5 Å². The Kier molecular flexibility index (Phi) is 4.80. The maximum absolute atomic E-state index is 12.0. The normalized spacial score (nSPS) is 20.5. The Balaban J connectivity index is 1.94. The lowest BCUT2D eigenvalue weighted by Gasteiger charge is -2.12. The third-order valence-corrected chi connectivity index (χ3v) is 3.01. The summed E-state index contributed by atoms with van der Waals surface area (Å²) in [7, 11) is 0. The summed E-state index contributed by atoms with van der Waals surface area (Å²) >= 11 is 0. The van der Waals surface area contributed by atoms with E-state index in [1.807, 2.05) is 0 Å². The third-order valence-electron chi connectivity index (χ3n) is 3.01. The van der Waals surface area contributed by atoms with Gasteiger partial charge in [-0.15, -0.1) is 6.42 Å². The number of rotatable bonds is 5. The van der Waals surface area contributed by atoms with E-state index in [1.165, 1.54) is 0 Å². The number of hydrogen-bond acceptors (Lipinski definition) is 4. The summed E-state index contributed by atoms with van der Waals surface area (Å²) in [5.74, 6) is 1.48. The van der Waals surface area contributed by atoms with E-state index in [9.17, 15) is 9.59 Å². The average molecular weight is 289 g/mol. The van der Waals surface area contributed by atoms with Crippen molar-refractivity contribution in [2.45, 2.75) is 25.0 Å². The molecule has 0 aromatic heterocycles. The van der Waals surface area contributed by atoms with Crippen LogP contribution in [-0.4, -0.2) is 35.8 Å². The van der Waals surface area contributed by atoms with Gasteiger partial charge < -0.3 is 19.9 Å². The summed E-state index contributed by atoms with van der Waals surface area (Å²) in [6, 6.07) is 6.78. The number of carboxylic acids is 1. The van der Waals surface area contributed by atoms with E-state index < -0.39 is 18.2 Å². The molecule has 1 aliphatic rings. The summed E-state index contributed by atoms with van der Waals surface area (Å²) in [5, 5.41) is 11.5. The minimum Gasteiger partial charge on any atom is -0.481 e. The van der Waals surface area contributed by atoms with Crippen molar-refractivity contribution in [3.63, 3.8) is 0 Å². The molecule has 0 aliphatic carbocycles. The van der Waals surface area contributed by atoms with Crippen LogP contribution < -0.4 is 10.1 Å². The predicted octanol–water partition coefficient (Wildman–Crippen LogP) is 1.27. The van der Waals surface area contributed by atoms with Crippen LogP contribution in [0.2, 0.25) is 0 Å². The van der Waals surface area contributed by atoms with Crippen molar-refractivity contribution in [3.8, 4) is 18.1 Å². The molecule has 1 aromatic rings. The fourth-order valence-corrected chi connectivity index (χ4v) is 2.02. The molecule has 0 bridgehead atoms. The Hall–Kier alpha value is -2.52. The molecule has 0 saturated carbocycles. The third kappa shape index (κ3) is 3.97. The number of benzene rings is 1. The average Bonchev–Trinajstić information content (AvgIpc) is 2.95. The second-order valence-electron chi connectivity index (χ2n) is 4.54. The number of amides is 1. The first-order valence-corrected chi connectivity index (χ1v) is 6.45. The van der Waals surface area contributed by atoms with Crippen molar-refractivity contribution in [2.24, 2.45) is 0 Å². The van der Waals surface area contributed by atoms with Gasteiger partial charge in [-0.1, -0.05) is 12.0 Å². The molecule has 6 nitrogen and oxygen atoms in total. The Labute approximate surface area is 122 Å². The molecule has 1 heterocycles. The van der Waals surface area contributed by atoms with Crippen LogP contribution in [-0.2, 0) is 14.3 Å². The number of terminal acetylenes is 1. The molecule has 0 radical (unpaired) electrons. The minimum absolute atomic E-state index is 0.142. The van der Waals surface area contributed by atoms with Crippen molar-refractivity contribution in [1.29, 1.82) is 0 Å². The maximum atomic E-state index is 12.0. The van der Waals surface area contributed by atoms with E-state index in [4.69, 9.17) is 21.0 Å². The molecule has 2 atom stereocenters. The van der Waals surface area contributed by atoms with Gasteiger partial charge in [0, 0.05) is 11.8 Å². The van der Waals surface area contributed by atoms with Crippen molar-refractivity contribution in [3.05, 3.63) is 24.3 Å². The van der Waals surface area contributed by atoms with E-state index in [1.54, 1.807) is 24.3 Å². The molecule has 1 aliphatic heterocycles. The van der Waals surface area contributed by atoms with Gasteiger partial charge in [0.05, 0.1) is 0 Å². The molecule has 110 valence electrons. The Morgan fingerprint density at radius 1 is 1.43 bits per heavy atom. The highest BCUT2D eigenvalue weighted by Crippen LogP contribution is 2.22. The smallest absolute Gasteiger partial charge is 0.332 e. The number of nitrogens with one attached hydrogen (secondary N) is 1. The molecular weight excluding hydrogens is 274 g/mol. The first-order valence-electron chi connectivity index (χ1n) is 6.45. The quantitative estimate of drug-likeness (QED) is 0.797. The summed E-state index contributed by atoms with van der Waals surface area (Å²) in [4.78, 5) is 22.8. The lowest BCUT2D eigenvalue weighted by Crippen LogP contribution is -2.29. The molecular formula is C15H15NO5. The van der Waals surface area contributed by atoms with Gasteiger partial charge in [0.25, 0.3) is 5.91 Å². The first-order chi connectivity index (χ1) is 10.1. The molecule has 0 spiro atoms. The SMILES string of the molecule is C#CCOc1cccc(NC(=O)[C@@H]2CC[C@H](C(=O)O)O2)c1. The van der Waals surface area contributed by atoms with Crippen LogP contribution in [0.3, 0.4) is 0 Å². The highest BCUT2D eigenvalue weighted by atomic mass is 16.5. The van der Waals surface area contributed by atoms with Crippen LogP contribution >= 0.6 is 0 Å². The molecule has 2 rings (SSSR count). The summed E-state index contributed by atoms with van der Waals surface area (Å²) in [6.07, 6.45) is 4.16. The minimum atomic E-state index is -1.05. The van der Waals surface area contributed by atoms with Gasteiger partial charge in [0.15, 0.2) is 6.10 Å². The molecule has 0 unspecified atom stereocenters. The van der Waals surface area contributed by atoms with Crippen LogP contribution in [0, 0.1) is 12.3 Å². The Morgan fingerprint density at radius 2 is 2.19 bits per heavy atom. The highest BCUT2D eigenvalue weighted by Gasteiger charge is 2.34. The van der Waals surface area contributed by atoms with E-state index in [0.717, 1.165) is 0 Å². The van der Waals surface area contributed by atoms with Crippen molar-refractivity contribution in [2.75, 3.05) is 11.9 Å². The molecule has 6 heteroatoms. The number of hydrogen-bond donors (Lipinski definition) is 2. The first kappa shape index (κ1) is 14.9. The number of ether oxygens (including phenoxy) is 2. The molecule has 21 heavy (non-hydrogen) atoms. The topological polar surface area (TPSA) is 84.9 Å². The van der Waals surface area contributed by atoms with Gasteiger partial charge in [0.2, 0.25) is 0 Å². The zero-order valence-corrected chi connectivity index (χ0v) is 11.2. The lowest BCUT2D eigenvalue weighted by molar-refractivity contribution is -0.150. The molecule has 1 aromatic carbocycles. The molecule has 1 saturated heterocycles. The van der Waals surface area contributed by atoms with E-state index in [2.05, 4.69) is 11.2 Å². The van der Waals surface area contributed by atoms with Crippen molar-refractivity contribution >= 4 is 17.6 Å². The van der Waals surface area contributed by atoms with Gasteiger partial charge in [-0.2, -0.15) is 0 Å². The van der Waals surface area contributed by atoms with Gasteiger partial charge in [-0.25, -0.2) is 4.79 Å². The predicted molar refractivity (Wildman–Crippen MR) is 74.9 cm³/mol. The number of aliphatic carboxylic acids is 1. The molecule has 1 amide bonds. The standard InChI is InChI=1S/C15H15NO5/c1-2-8-20-11-5-3-4-10(9-11)16-14(17)12-6-7-13(21-12)15(18)19/h1,3-5,9,12-13H,6-8H2,(H,16,17)(H,18,19)/t12-,13+/m0/s1. The number of anilines is 1. The van der Waals surface area contributed by atoms with Gasteiger partial charge in [-0.3, -0.25) is 4.79 Å². The molecule has 1 fully saturated rings. The largest absolute Gasteiger partial charge is 0.481 e. The monoisotopic (exact) mass is 289 g/mol. The number of carbonyl (C=O) groups excluding carboxylic acids is 1. The fraction of sp³-hybridized carbons (Fsp3) is 0.333. The summed E-state index contributed by atoms with van der Waals surface area (Å²) < 4.78 is 10.4. The van der Waals surface area contributed by atoms with Gasteiger partial charge >= 0.3 is 5.97 Å². The molecule has 2 N–H and O–H groups in total. The fourth-order valence-electron chi connectivity index (χ4n) is 2.02. The van der Waals surface area contributed by atoms with E-state index in [-0.39, 0.29) is 12.5 Å². The van der Waals surface area contributed by atoms with E-state index in [0.29, 0.717) is 24.3 Å². The number of carbonyl (C=O) groups is 2. The van der Waals surface area contributed by atoms with Crippen LogP contribution in [0.15, 0.2) is 24.3 Å². The summed E-state index contributed by atoms with van der Waals surface area (Å²) in [5.41, 5.74) is 0.539. The van der Waals surface area contributed by atoms with Crippen LogP contribution in [0.5, 0.6) is 5.75 Å². The Bertz CT molecular complexity index is 578. The van der Waals surface area contributed by atoms with Crippen molar-refractivity contribution < 1.29 is 24.2 Å². The van der Waals surface area contributed by atoms with E-state index >= 15 is 0 Å². The Morgan fingerprint density at radius 3 is 2.86 bits per heavy atom. The van der Waals surface area contributed by atoms with Crippen LogP contribution in [0.25, 0.3) is 0 Å². The lowest BCUT2D eigenvalue weighted by atomic mass is 10.2. The van der Waals surface area contributed by atoms with Gasteiger partial charge in [-0.05, 0) is 25.0 Å². The van der Waals surface area contributed by atoms with Crippen LogP contribution in [0.4, 0.5) is 5.69 Å². The maximum Gasteiger partial charge on any atom is 0.332 e. The van der Waals surface area contributed by atoms with Crippen molar-refractivity contribution in [1.82, 2.24) is 0 Å². The second kappa shape index (κ2) is 6.77. The number of carboxylic acid groups (broad SMARTS) is 1.